The number of benzene rings is 2. The largest absolute Gasteiger partial charge is 0.319 e. The molecule has 0 bridgehead atoms. The van der Waals surface area contributed by atoms with Crippen LogP contribution in [0.4, 0.5) is 0 Å². The first-order valence-corrected chi connectivity index (χ1v) is 12.1. The molecule has 27 heavy (non-hydrogen) atoms. The van der Waals surface area contributed by atoms with Crippen LogP contribution in [0, 0.1) is 18.8 Å². The summed E-state index contributed by atoms with van der Waals surface area (Å²) in [5.74, 6) is 5.90. The highest BCUT2D eigenvalue weighted by Gasteiger charge is 2.23. The summed E-state index contributed by atoms with van der Waals surface area (Å²) in [6, 6.07) is 16.3. The van der Waals surface area contributed by atoms with E-state index in [1.54, 1.807) is 0 Å². The van der Waals surface area contributed by atoms with E-state index in [0.717, 1.165) is 17.0 Å². The highest BCUT2D eigenvalue weighted by molar-refractivity contribution is 7.66. The zero-order valence-electron chi connectivity index (χ0n) is 18.3. The monoisotopic (exact) mass is 382 g/mol. The second kappa shape index (κ2) is 13.2. The van der Waals surface area contributed by atoms with Crippen LogP contribution in [0.25, 0.3) is 6.08 Å². The smallest absolute Gasteiger partial charge is 0.112 e. The van der Waals surface area contributed by atoms with Crippen LogP contribution in [0.2, 0.25) is 0 Å². The van der Waals surface area contributed by atoms with Crippen molar-refractivity contribution in [2.75, 3.05) is 6.66 Å². The van der Waals surface area contributed by atoms with Crippen LogP contribution in [0.5, 0.6) is 0 Å². The molecule has 2 heteroatoms. The molecule has 1 heterocycles. The molecule has 1 aliphatic rings. The Bertz CT molecular complexity index is 835. The fourth-order valence-electron chi connectivity index (χ4n) is 2.48. The van der Waals surface area contributed by atoms with Crippen molar-refractivity contribution in [3.63, 3.8) is 0 Å². The van der Waals surface area contributed by atoms with E-state index in [1.807, 2.05) is 78.5 Å². The molecule has 0 amide bonds. The van der Waals surface area contributed by atoms with Crippen molar-refractivity contribution in [1.82, 2.24) is 0 Å². The van der Waals surface area contributed by atoms with E-state index < -0.39 is 7.14 Å². The lowest BCUT2D eigenvalue weighted by atomic mass is 10.1. The fraction of sp³-hybridized carbons (Fsp3) is 0.360. The molecule has 0 saturated carbocycles. The second-order valence-corrected chi connectivity index (χ2v) is 9.16. The zero-order valence-corrected chi connectivity index (χ0v) is 19.2. The number of allylic oxidation sites excluding steroid dienone is 1. The average Bonchev–Trinajstić information content (AvgIpc) is 2.68. The number of hydrogen-bond donors (Lipinski definition) is 0. The van der Waals surface area contributed by atoms with Gasteiger partial charge >= 0.3 is 0 Å². The number of rotatable bonds is 0. The van der Waals surface area contributed by atoms with Gasteiger partial charge in [-0.1, -0.05) is 76.1 Å². The molecule has 0 aromatic heterocycles. The molecule has 0 fully saturated rings. The van der Waals surface area contributed by atoms with Crippen molar-refractivity contribution in [3.8, 4) is 11.8 Å². The molecule has 146 valence electrons. The maximum Gasteiger partial charge on any atom is 0.112 e. The van der Waals surface area contributed by atoms with Crippen LogP contribution in [0.15, 0.2) is 53.8 Å². The van der Waals surface area contributed by atoms with Gasteiger partial charge in [0.15, 0.2) is 0 Å². The van der Waals surface area contributed by atoms with Crippen molar-refractivity contribution < 1.29 is 4.57 Å². The Labute approximate surface area is 167 Å². The summed E-state index contributed by atoms with van der Waals surface area (Å²) in [6.45, 7) is 15.8. The average molecular weight is 383 g/mol. The summed E-state index contributed by atoms with van der Waals surface area (Å²) in [6.07, 6.45) is 2.78. The molecule has 0 saturated heterocycles. The van der Waals surface area contributed by atoms with Crippen molar-refractivity contribution in [3.05, 3.63) is 76.1 Å². The number of hydrogen-bond acceptors (Lipinski definition) is 1. The van der Waals surface area contributed by atoms with Crippen molar-refractivity contribution in [1.29, 1.82) is 0 Å². The van der Waals surface area contributed by atoms with E-state index in [9.17, 15) is 4.57 Å². The summed E-state index contributed by atoms with van der Waals surface area (Å²) >= 11 is 0. The molecule has 2 aromatic carbocycles. The topological polar surface area (TPSA) is 17.1 Å². The molecular formula is C25H35OP. The van der Waals surface area contributed by atoms with Crippen LogP contribution in [0.3, 0.4) is 0 Å². The molecule has 0 spiro atoms. The molecule has 2 aromatic rings. The van der Waals surface area contributed by atoms with Gasteiger partial charge in [-0.2, -0.15) is 0 Å². The first-order chi connectivity index (χ1) is 12.9. The minimum atomic E-state index is -2.05. The highest BCUT2D eigenvalue weighted by Crippen LogP contribution is 2.56. The van der Waals surface area contributed by atoms with Gasteiger partial charge in [0, 0.05) is 11.7 Å². The molecule has 3 rings (SSSR count). The lowest BCUT2D eigenvalue weighted by molar-refractivity contribution is 0.582. The van der Waals surface area contributed by atoms with Crippen molar-refractivity contribution in [2.24, 2.45) is 0 Å². The predicted octanol–water partition coefficient (Wildman–Crippen LogP) is 7.97. The van der Waals surface area contributed by atoms with E-state index in [-0.39, 0.29) is 0 Å². The van der Waals surface area contributed by atoms with Crippen LogP contribution in [0.1, 0.15) is 63.8 Å². The van der Waals surface area contributed by atoms with Gasteiger partial charge in [-0.3, -0.25) is 0 Å². The standard InChI is InChI=1S/C11H13OP.C10H10.2C2H6/c1-9-7-10-5-3-4-6-11(10)8-13(9,2)12;1-3-6-10-8-5-4-7-9(10)2;2*1-2/h3-7H,8H2,1-2H3;4-5,7-8H,1-2H3;2*1-2H3. The molecule has 0 radical (unpaired) electrons. The van der Waals surface area contributed by atoms with Gasteiger partial charge in [0.2, 0.25) is 0 Å². The predicted molar refractivity (Wildman–Crippen MR) is 124 cm³/mol. The summed E-state index contributed by atoms with van der Waals surface area (Å²) in [5.41, 5.74) is 4.83. The molecule has 0 N–H and O–H groups in total. The lowest BCUT2D eigenvalue weighted by Crippen LogP contribution is -1.97. The third-order valence-corrected chi connectivity index (χ3v) is 6.61. The minimum absolute atomic E-state index is 0.728. The Balaban J connectivity index is 0.000000434. The molecule has 0 aliphatic carbocycles. The molecular weight excluding hydrogens is 347 g/mol. The van der Waals surface area contributed by atoms with Crippen LogP contribution in [-0.2, 0) is 10.7 Å². The Morgan fingerprint density at radius 1 is 0.889 bits per heavy atom. The third-order valence-electron chi connectivity index (χ3n) is 4.04. The van der Waals surface area contributed by atoms with E-state index in [4.69, 9.17) is 0 Å². The first-order valence-electron chi connectivity index (χ1n) is 9.76. The summed E-state index contributed by atoms with van der Waals surface area (Å²) in [5, 5.41) is 1.05. The second-order valence-electron chi connectivity index (χ2n) is 5.93. The highest BCUT2D eigenvalue weighted by atomic mass is 31.2. The van der Waals surface area contributed by atoms with Gasteiger partial charge in [-0.25, -0.2) is 0 Å². The molecule has 1 unspecified atom stereocenters. The Morgan fingerprint density at radius 2 is 1.44 bits per heavy atom. The van der Waals surface area contributed by atoms with Gasteiger partial charge in [0.25, 0.3) is 0 Å². The normalized spacial score (nSPS) is 16.2. The quantitative estimate of drug-likeness (QED) is 0.333. The zero-order chi connectivity index (χ0) is 20.9. The fourth-order valence-corrected chi connectivity index (χ4v) is 4.08. The van der Waals surface area contributed by atoms with E-state index in [1.165, 1.54) is 16.7 Å². The SMILES string of the molecule is CC.CC.CC#Cc1ccccc1C.CC1=Cc2ccccc2CP1(C)=O. The van der Waals surface area contributed by atoms with Gasteiger partial charge in [-0.15, -0.1) is 5.92 Å². The van der Waals surface area contributed by atoms with E-state index >= 15 is 0 Å². The third kappa shape index (κ3) is 8.03. The van der Waals surface area contributed by atoms with Gasteiger partial charge in [-0.05, 0) is 61.6 Å². The van der Waals surface area contributed by atoms with Crippen LogP contribution >= 0.6 is 7.14 Å². The molecule has 1 nitrogen and oxygen atoms in total. The molecule has 1 atom stereocenters. The van der Waals surface area contributed by atoms with E-state index in [0.29, 0.717) is 0 Å². The van der Waals surface area contributed by atoms with Gasteiger partial charge in [0.1, 0.15) is 7.14 Å². The Kier molecular flexibility index (Phi) is 12.2. The molecule has 1 aliphatic heterocycles. The van der Waals surface area contributed by atoms with Gasteiger partial charge < -0.3 is 4.57 Å². The van der Waals surface area contributed by atoms with Crippen molar-refractivity contribution >= 4 is 13.2 Å². The number of fused-ring (bicyclic) bond motifs is 1. The lowest BCUT2D eigenvalue weighted by Gasteiger charge is -2.20. The summed E-state index contributed by atoms with van der Waals surface area (Å²) < 4.78 is 12.1. The first kappa shape index (κ1) is 25.0. The maximum atomic E-state index is 12.1. The summed E-state index contributed by atoms with van der Waals surface area (Å²) in [7, 11) is -2.05. The van der Waals surface area contributed by atoms with Crippen LogP contribution in [-0.4, -0.2) is 6.66 Å². The van der Waals surface area contributed by atoms with Crippen molar-refractivity contribution in [2.45, 2.75) is 54.6 Å². The maximum absolute atomic E-state index is 12.1. The van der Waals surface area contributed by atoms with Crippen LogP contribution < -0.4 is 0 Å². The van der Waals surface area contributed by atoms with E-state index in [2.05, 4.69) is 43.0 Å². The summed E-state index contributed by atoms with van der Waals surface area (Å²) in [4.78, 5) is 0. The number of aryl methyl sites for hydroxylation is 1. The minimum Gasteiger partial charge on any atom is -0.319 e. The van der Waals surface area contributed by atoms with Gasteiger partial charge in [0.05, 0.1) is 0 Å². The Hall–Kier alpha value is -2.03. The Morgan fingerprint density at radius 3 is 2.04 bits per heavy atom.